The van der Waals surface area contributed by atoms with Gasteiger partial charge in [0.2, 0.25) is 0 Å². The number of rotatable bonds is 5. The lowest BCUT2D eigenvalue weighted by molar-refractivity contribution is -0.139. The number of hydrogen-bond donors (Lipinski definition) is 3. The van der Waals surface area contributed by atoms with Gasteiger partial charge >= 0.3 is 11.8 Å². The number of nitrogens with zero attached hydrogens (tertiary/aromatic N) is 1. The maximum Gasteiger partial charge on any atom is 0.309 e. The van der Waals surface area contributed by atoms with E-state index in [-0.39, 0.29) is 0 Å². The Morgan fingerprint density at radius 2 is 1.71 bits per heavy atom. The fraction of sp³-hybridized carbons (Fsp3) is 0.467. The van der Waals surface area contributed by atoms with E-state index in [0.29, 0.717) is 13.1 Å². The first-order chi connectivity index (χ1) is 10.3. The third-order valence-electron chi connectivity index (χ3n) is 3.43. The van der Waals surface area contributed by atoms with Crippen molar-refractivity contribution in [1.29, 1.82) is 0 Å². The molecule has 6 nitrogen and oxygen atoms in total. The Kier molecular flexibility index (Phi) is 6.18. The van der Waals surface area contributed by atoms with Gasteiger partial charge in [-0.1, -0.05) is 30.3 Å². The number of benzene rings is 1. The van der Waals surface area contributed by atoms with E-state index in [4.69, 9.17) is 0 Å². The van der Waals surface area contributed by atoms with Crippen molar-refractivity contribution in [1.82, 2.24) is 20.9 Å². The molecule has 0 spiro atoms. The lowest BCUT2D eigenvalue weighted by atomic mass is 10.2. The van der Waals surface area contributed by atoms with Crippen molar-refractivity contribution in [2.45, 2.75) is 6.54 Å². The van der Waals surface area contributed by atoms with Crippen LogP contribution in [0.3, 0.4) is 0 Å². The van der Waals surface area contributed by atoms with Crippen LogP contribution in [0.2, 0.25) is 0 Å². The maximum atomic E-state index is 11.7. The molecule has 1 fully saturated rings. The van der Waals surface area contributed by atoms with Gasteiger partial charge in [-0.15, -0.1) is 0 Å². The molecule has 1 aliphatic heterocycles. The molecule has 114 valence electrons. The van der Waals surface area contributed by atoms with Crippen LogP contribution in [-0.4, -0.2) is 56.0 Å². The Morgan fingerprint density at radius 1 is 1.05 bits per heavy atom. The summed E-state index contributed by atoms with van der Waals surface area (Å²) in [7, 11) is 0. The summed E-state index contributed by atoms with van der Waals surface area (Å²) in [6.45, 7) is 5.56. The molecule has 0 saturated carbocycles. The number of piperazine rings is 1. The molecule has 1 aromatic rings. The molecule has 0 radical (unpaired) electrons. The topological polar surface area (TPSA) is 73.5 Å². The van der Waals surface area contributed by atoms with Crippen molar-refractivity contribution in [2.75, 3.05) is 39.3 Å². The van der Waals surface area contributed by atoms with Gasteiger partial charge in [-0.05, 0) is 5.56 Å². The number of nitrogens with one attached hydrogen (secondary N) is 3. The van der Waals surface area contributed by atoms with Crippen LogP contribution in [0.5, 0.6) is 0 Å². The lowest BCUT2D eigenvalue weighted by Crippen LogP contribution is -2.47. The molecule has 1 aromatic carbocycles. The molecule has 3 N–H and O–H groups in total. The first kappa shape index (κ1) is 15.5. The van der Waals surface area contributed by atoms with Crippen LogP contribution >= 0.6 is 0 Å². The third kappa shape index (κ3) is 5.53. The molecule has 0 unspecified atom stereocenters. The highest BCUT2D eigenvalue weighted by Gasteiger charge is 2.14. The molecule has 1 heterocycles. The van der Waals surface area contributed by atoms with Crippen LogP contribution in [0.4, 0.5) is 0 Å². The van der Waals surface area contributed by atoms with Crippen molar-refractivity contribution >= 4 is 11.8 Å². The zero-order valence-electron chi connectivity index (χ0n) is 12.1. The van der Waals surface area contributed by atoms with Gasteiger partial charge in [0.25, 0.3) is 0 Å². The molecule has 21 heavy (non-hydrogen) atoms. The van der Waals surface area contributed by atoms with Crippen LogP contribution < -0.4 is 16.0 Å². The largest absolute Gasteiger partial charge is 0.347 e. The SMILES string of the molecule is O=C(NCCN1CCNCC1)C(=O)NCc1ccccc1. The average molecular weight is 290 g/mol. The second kappa shape index (κ2) is 8.39. The zero-order valence-corrected chi connectivity index (χ0v) is 12.1. The van der Waals surface area contributed by atoms with E-state index in [2.05, 4.69) is 20.9 Å². The van der Waals surface area contributed by atoms with Crippen LogP contribution in [0.15, 0.2) is 30.3 Å². The van der Waals surface area contributed by atoms with E-state index in [1.165, 1.54) is 0 Å². The molecule has 6 heteroatoms. The van der Waals surface area contributed by atoms with Gasteiger partial charge in [-0.25, -0.2) is 0 Å². The number of carbonyl (C=O) groups is 2. The van der Waals surface area contributed by atoms with Crippen LogP contribution in [0.1, 0.15) is 5.56 Å². The van der Waals surface area contributed by atoms with Gasteiger partial charge < -0.3 is 16.0 Å². The molecule has 1 aliphatic rings. The molecule has 2 rings (SSSR count). The normalized spacial score (nSPS) is 15.4. The summed E-state index contributed by atoms with van der Waals surface area (Å²) in [4.78, 5) is 25.6. The predicted molar refractivity (Wildman–Crippen MR) is 80.6 cm³/mol. The monoisotopic (exact) mass is 290 g/mol. The van der Waals surface area contributed by atoms with E-state index in [1.807, 2.05) is 30.3 Å². The number of hydrogen-bond acceptors (Lipinski definition) is 4. The predicted octanol–water partition coefficient (Wildman–Crippen LogP) is -0.676. The molecule has 0 aliphatic carbocycles. The smallest absolute Gasteiger partial charge is 0.309 e. The Balaban J connectivity index is 1.62. The Hall–Kier alpha value is -1.92. The summed E-state index contributed by atoms with van der Waals surface area (Å²) < 4.78 is 0. The van der Waals surface area contributed by atoms with Gasteiger partial charge in [-0.3, -0.25) is 14.5 Å². The van der Waals surface area contributed by atoms with Gasteiger partial charge in [0.05, 0.1) is 0 Å². The van der Waals surface area contributed by atoms with Gasteiger partial charge in [0.1, 0.15) is 0 Å². The molecule has 0 atom stereocenters. The Bertz CT molecular complexity index is 458. The highest BCUT2D eigenvalue weighted by molar-refractivity contribution is 6.35. The minimum absolute atomic E-state index is 0.366. The van der Waals surface area contributed by atoms with Crippen molar-refractivity contribution in [3.63, 3.8) is 0 Å². The van der Waals surface area contributed by atoms with E-state index >= 15 is 0 Å². The van der Waals surface area contributed by atoms with E-state index in [9.17, 15) is 9.59 Å². The molecule has 2 amide bonds. The van der Waals surface area contributed by atoms with Crippen LogP contribution in [0.25, 0.3) is 0 Å². The van der Waals surface area contributed by atoms with E-state index in [0.717, 1.165) is 38.3 Å². The summed E-state index contributed by atoms with van der Waals surface area (Å²) in [6, 6.07) is 9.52. The second-order valence-corrected chi connectivity index (χ2v) is 5.02. The van der Waals surface area contributed by atoms with Crippen molar-refractivity contribution < 1.29 is 9.59 Å². The standard InChI is InChI=1S/C15H22N4O2/c20-14(17-8-11-19-9-6-16-7-10-19)15(21)18-12-13-4-2-1-3-5-13/h1-5,16H,6-12H2,(H,17,20)(H,18,21). The van der Waals surface area contributed by atoms with E-state index in [1.54, 1.807) is 0 Å². The fourth-order valence-corrected chi connectivity index (χ4v) is 2.20. The quantitative estimate of drug-likeness (QED) is 0.629. The summed E-state index contributed by atoms with van der Waals surface area (Å²) in [5.41, 5.74) is 0.972. The highest BCUT2D eigenvalue weighted by Crippen LogP contribution is 1.96. The summed E-state index contributed by atoms with van der Waals surface area (Å²) >= 11 is 0. The first-order valence-electron chi connectivity index (χ1n) is 7.29. The number of amides is 2. The minimum Gasteiger partial charge on any atom is -0.347 e. The van der Waals surface area contributed by atoms with Crippen LogP contribution in [-0.2, 0) is 16.1 Å². The second-order valence-electron chi connectivity index (χ2n) is 5.02. The number of carbonyl (C=O) groups excluding carboxylic acids is 2. The van der Waals surface area contributed by atoms with Crippen molar-refractivity contribution in [3.05, 3.63) is 35.9 Å². The lowest BCUT2D eigenvalue weighted by Gasteiger charge is -2.26. The van der Waals surface area contributed by atoms with Crippen molar-refractivity contribution in [3.8, 4) is 0 Å². The molecular formula is C15H22N4O2. The Labute approximate surface area is 124 Å². The summed E-state index contributed by atoms with van der Waals surface area (Å²) in [6.07, 6.45) is 0. The average Bonchev–Trinajstić information content (AvgIpc) is 2.54. The maximum absolute atomic E-state index is 11.7. The first-order valence-corrected chi connectivity index (χ1v) is 7.29. The Morgan fingerprint density at radius 3 is 2.43 bits per heavy atom. The zero-order chi connectivity index (χ0) is 14.9. The van der Waals surface area contributed by atoms with Crippen LogP contribution in [0, 0.1) is 0 Å². The van der Waals surface area contributed by atoms with E-state index < -0.39 is 11.8 Å². The molecule has 0 aromatic heterocycles. The minimum atomic E-state index is -0.584. The molecule has 1 saturated heterocycles. The fourth-order valence-electron chi connectivity index (χ4n) is 2.20. The molecule has 0 bridgehead atoms. The van der Waals surface area contributed by atoms with Crippen molar-refractivity contribution in [2.24, 2.45) is 0 Å². The molecular weight excluding hydrogens is 268 g/mol. The van der Waals surface area contributed by atoms with Gasteiger partial charge in [0.15, 0.2) is 0 Å². The van der Waals surface area contributed by atoms with Gasteiger partial charge in [0, 0.05) is 45.8 Å². The van der Waals surface area contributed by atoms with Gasteiger partial charge in [-0.2, -0.15) is 0 Å². The third-order valence-corrected chi connectivity index (χ3v) is 3.43. The summed E-state index contributed by atoms with van der Waals surface area (Å²) in [5.74, 6) is -1.15. The summed E-state index contributed by atoms with van der Waals surface area (Å²) in [5, 5.41) is 8.54. The highest BCUT2D eigenvalue weighted by atomic mass is 16.2.